The summed E-state index contributed by atoms with van der Waals surface area (Å²) in [5, 5.41) is 9.54. The lowest BCUT2D eigenvalue weighted by Crippen LogP contribution is -2.28. The molecule has 0 radical (unpaired) electrons. The molecule has 0 saturated carbocycles. The largest absolute Gasteiger partial charge is 0.486 e. The fourth-order valence-electron chi connectivity index (χ4n) is 4.57. The Kier molecular flexibility index (Phi) is 7.37. The van der Waals surface area contributed by atoms with Crippen LogP contribution in [0.25, 0.3) is 23.1 Å². The highest BCUT2D eigenvalue weighted by molar-refractivity contribution is 6.35. The maximum atomic E-state index is 6.30. The third-order valence-electron chi connectivity index (χ3n) is 6.44. The van der Waals surface area contributed by atoms with Gasteiger partial charge in [-0.1, -0.05) is 60.0 Å². The molecule has 1 atom stereocenters. The summed E-state index contributed by atoms with van der Waals surface area (Å²) in [4.78, 5) is 6.56. The second-order valence-corrected chi connectivity index (χ2v) is 9.82. The van der Waals surface area contributed by atoms with Gasteiger partial charge in [-0.3, -0.25) is 15.0 Å². The van der Waals surface area contributed by atoms with Gasteiger partial charge in [0.05, 0.1) is 21.3 Å². The van der Waals surface area contributed by atoms with Gasteiger partial charge in [0.2, 0.25) is 0 Å². The maximum Gasteiger partial charge on any atom is 0.124 e. The van der Waals surface area contributed by atoms with Gasteiger partial charge in [-0.2, -0.15) is 5.10 Å². The SMILES string of the molecule is CC(Oc1ccc2[nH]nc(/C=C/c3ccc(CN4CCCCC4)cc3)c2c1)c1c(Cl)cncc1Cl. The number of halogens is 2. The molecule has 1 aliphatic rings. The average molecular weight is 507 g/mol. The lowest BCUT2D eigenvalue weighted by Gasteiger charge is -2.26. The van der Waals surface area contributed by atoms with E-state index in [1.165, 1.54) is 37.9 Å². The zero-order valence-electron chi connectivity index (χ0n) is 19.7. The molecule has 35 heavy (non-hydrogen) atoms. The van der Waals surface area contributed by atoms with Crippen LogP contribution in [0, 0.1) is 0 Å². The van der Waals surface area contributed by atoms with Crippen molar-refractivity contribution in [1.82, 2.24) is 20.1 Å². The number of aromatic amines is 1. The summed E-state index contributed by atoms with van der Waals surface area (Å²) >= 11 is 12.6. The molecule has 2 aromatic carbocycles. The molecule has 0 aliphatic carbocycles. The van der Waals surface area contributed by atoms with Gasteiger partial charge >= 0.3 is 0 Å². The molecule has 1 unspecified atom stereocenters. The number of pyridine rings is 1. The first-order chi connectivity index (χ1) is 17.1. The van der Waals surface area contributed by atoms with Gasteiger partial charge in [-0.05, 0) is 68.3 Å². The zero-order chi connectivity index (χ0) is 24.2. The lowest BCUT2D eigenvalue weighted by atomic mass is 10.1. The number of rotatable bonds is 7. The number of nitrogens with one attached hydrogen (secondary N) is 1. The van der Waals surface area contributed by atoms with Gasteiger partial charge in [0.25, 0.3) is 0 Å². The Morgan fingerprint density at radius 2 is 1.74 bits per heavy atom. The third kappa shape index (κ3) is 5.69. The Hall–Kier alpha value is -2.86. The molecule has 0 amide bonds. The van der Waals surface area contributed by atoms with Gasteiger partial charge in [0.1, 0.15) is 11.9 Å². The Balaban J connectivity index is 1.29. The van der Waals surface area contributed by atoms with Gasteiger partial charge in [0, 0.05) is 29.9 Å². The Bertz CT molecular complexity index is 1310. The van der Waals surface area contributed by atoms with E-state index < -0.39 is 0 Å². The van der Waals surface area contributed by atoms with E-state index in [4.69, 9.17) is 27.9 Å². The molecule has 0 bridgehead atoms. The molecule has 4 aromatic rings. The van der Waals surface area contributed by atoms with Crippen LogP contribution in [0.3, 0.4) is 0 Å². The van der Waals surface area contributed by atoms with Gasteiger partial charge in [-0.15, -0.1) is 0 Å². The molecule has 5 rings (SSSR count). The number of piperidine rings is 1. The first kappa shape index (κ1) is 23.9. The summed E-state index contributed by atoms with van der Waals surface area (Å²) in [6.07, 6.45) is 10.9. The first-order valence-corrected chi connectivity index (χ1v) is 12.8. The first-order valence-electron chi connectivity index (χ1n) is 12.0. The van der Waals surface area contributed by atoms with E-state index in [0.29, 0.717) is 15.8 Å². The molecular weight excluding hydrogens is 479 g/mol. The number of hydrogen-bond acceptors (Lipinski definition) is 4. The van der Waals surface area contributed by atoms with Crippen LogP contribution in [0.4, 0.5) is 0 Å². The monoisotopic (exact) mass is 506 g/mol. The second kappa shape index (κ2) is 10.8. The number of likely N-dealkylation sites (tertiary alicyclic amines) is 1. The molecule has 1 aliphatic heterocycles. The summed E-state index contributed by atoms with van der Waals surface area (Å²) in [6, 6.07) is 14.6. The van der Waals surface area contributed by atoms with E-state index in [9.17, 15) is 0 Å². The summed E-state index contributed by atoms with van der Waals surface area (Å²) in [5.41, 5.74) is 5.03. The molecule has 1 N–H and O–H groups in total. The quantitative estimate of drug-likeness (QED) is 0.281. The summed E-state index contributed by atoms with van der Waals surface area (Å²) in [5.74, 6) is 0.715. The number of fused-ring (bicyclic) bond motifs is 1. The van der Waals surface area contributed by atoms with Crippen molar-refractivity contribution in [2.45, 2.75) is 38.8 Å². The van der Waals surface area contributed by atoms with E-state index >= 15 is 0 Å². The average Bonchev–Trinajstić information content (AvgIpc) is 3.26. The van der Waals surface area contributed by atoms with Crippen LogP contribution in [0.15, 0.2) is 54.9 Å². The Morgan fingerprint density at radius 3 is 2.49 bits per heavy atom. The number of nitrogens with zero attached hydrogens (tertiary/aromatic N) is 3. The minimum Gasteiger partial charge on any atom is -0.486 e. The minimum absolute atomic E-state index is 0.329. The maximum absolute atomic E-state index is 6.30. The fraction of sp³-hybridized carbons (Fsp3) is 0.286. The smallest absolute Gasteiger partial charge is 0.124 e. The van der Waals surface area contributed by atoms with Crippen LogP contribution in [0.5, 0.6) is 5.75 Å². The third-order valence-corrected chi connectivity index (χ3v) is 7.04. The molecule has 2 aromatic heterocycles. The number of hydrogen-bond donors (Lipinski definition) is 1. The van der Waals surface area contributed by atoms with Crippen molar-refractivity contribution < 1.29 is 4.74 Å². The number of aromatic nitrogens is 3. The Morgan fingerprint density at radius 1 is 1.00 bits per heavy atom. The minimum atomic E-state index is -0.329. The summed E-state index contributed by atoms with van der Waals surface area (Å²) in [6.45, 7) is 5.37. The van der Waals surface area contributed by atoms with Crippen molar-refractivity contribution in [1.29, 1.82) is 0 Å². The normalized spacial score (nSPS) is 15.6. The van der Waals surface area contributed by atoms with Gasteiger partial charge in [0.15, 0.2) is 0 Å². The van der Waals surface area contributed by atoms with E-state index in [1.807, 2.05) is 31.2 Å². The van der Waals surface area contributed by atoms with Gasteiger partial charge < -0.3 is 4.74 Å². The molecule has 3 heterocycles. The number of H-pyrrole nitrogens is 1. The highest BCUT2D eigenvalue weighted by Gasteiger charge is 2.16. The van der Waals surface area contributed by atoms with Crippen LogP contribution < -0.4 is 4.74 Å². The van der Waals surface area contributed by atoms with E-state index in [-0.39, 0.29) is 6.10 Å². The zero-order valence-corrected chi connectivity index (χ0v) is 21.2. The van der Waals surface area contributed by atoms with E-state index in [0.717, 1.165) is 34.3 Å². The van der Waals surface area contributed by atoms with Crippen LogP contribution >= 0.6 is 23.2 Å². The van der Waals surface area contributed by atoms with Crippen molar-refractivity contribution in [2.75, 3.05) is 13.1 Å². The van der Waals surface area contributed by atoms with Crippen LogP contribution in [0.2, 0.25) is 10.0 Å². The lowest BCUT2D eigenvalue weighted by molar-refractivity contribution is 0.221. The number of benzene rings is 2. The molecule has 7 heteroatoms. The van der Waals surface area contributed by atoms with Crippen molar-refractivity contribution in [3.05, 3.63) is 87.3 Å². The van der Waals surface area contributed by atoms with E-state index in [2.05, 4.69) is 50.4 Å². The van der Waals surface area contributed by atoms with Gasteiger partial charge in [-0.25, -0.2) is 0 Å². The standard InChI is InChI=1S/C28H28Cl2N4O/c1-19(28-24(29)16-31-17-25(28)30)35-22-10-12-27-23(15-22)26(32-33-27)11-9-20-5-7-21(8-6-20)18-34-13-3-2-4-14-34/h5-12,15-17,19H,2-4,13-14,18H2,1H3,(H,32,33)/b11-9+. The van der Waals surface area contributed by atoms with E-state index in [1.54, 1.807) is 12.4 Å². The second-order valence-electron chi connectivity index (χ2n) is 9.00. The van der Waals surface area contributed by atoms with Crippen LogP contribution in [-0.4, -0.2) is 33.2 Å². The Labute approximate surface area is 215 Å². The molecule has 1 saturated heterocycles. The highest BCUT2D eigenvalue weighted by atomic mass is 35.5. The molecular formula is C28H28Cl2N4O. The summed E-state index contributed by atoms with van der Waals surface area (Å²) in [7, 11) is 0. The van der Waals surface area contributed by atoms with Crippen molar-refractivity contribution in [2.24, 2.45) is 0 Å². The molecule has 5 nitrogen and oxygen atoms in total. The van der Waals surface area contributed by atoms with Crippen LogP contribution in [-0.2, 0) is 6.54 Å². The van der Waals surface area contributed by atoms with Crippen LogP contribution in [0.1, 0.15) is 54.7 Å². The molecule has 180 valence electrons. The molecule has 0 spiro atoms. The van der Waals surface area contributed by atoms with Crippen molar-refractivity contribution >= 4 is 46.3 Å². The topological polar surface area (TPSA) is 54.0 Å². The predicted molar refractivity (Wildman–Crippen MR) is 144 cm³/mol. The highest BCUT2D eigenvalue weighted by Crippen LogP contribution is 2.33. The molecule has 1 fully saturated rings. The van der Waals surface area contributed by atoms with Crippen molar-refractivity contribution in [3.8, 4) is 5.75 Å². The summed E-state index contributed by atoms with van der Waals surface area (Å²) < 4.78 is 6.17. The van der Waals surface area contributed by atoms with Crippen molar-refractivity contribution in [3.63, 3.8) is 0 Å². The predicted octanol–water partition coefficient (Wildman–Crippen LogP) is 7.56. The fourth-order valence-corrected chi connectivity index (χ4v) is 5.24. The number of ether oxygens (including phenoxy) is 1.